The van der Waals surface area contributed by atoms with E-state index < -0.39 is 0 Å². The van der Waals surface area contributed by atoms with Crippen LogP contribution in [0, 0.1) is 0 Å². The topological polar surface area (TPSA) is 24.9 Å². The molecule has 0 aliphatic carbocycles. The van der Waals surface area contributed by atoms with E-state index in [0.29, 0.717) is 10.0 Å². The summed E-state index contributed by atoms with van der Waals surface area (Å²) in [5, 5.41) is 6.02. The SMILES string of the molecule is CCc1cnc(CNC(CC)c2ccc(Cl)cc2Cl)s1. The normalized spacial score (nSPS) is 12.6. The Balaban J connectivity index is 2.05. The third-order valence-electron chi connectivity index (χ3n) is 3.20. The van der Waals surface area contributed by atoms with Crippen LogP contribution in [0.3, 0.4) is 0 Å². The Morgan fingerprint density at radius 2 is 2.10 bits per heavy atom. The zero-order chi connectivity index (χ0) is 14.5. The van der Waals surface area contributed by atoms with E-state index in [9.17, 15) is 0 Å². The first-order chi connectivity index (χ1) is 9.63. The Morgan fingerprint density at radius 1 is 1.30 bits per heavy atom. The van der Waals surface area contributed by atoms with E-state index in [4.69, 9.17) is 23.2 Å². The van der Waals surface area contributed by atoms with Gasteiger partial charge in [-0.05, 0) is 30.5 Å². The summed E-state index contributed by atoms with van der Waals surface area (Å²) in [7, 11) is 0. The first-order valence-corrected chi connectivity index (χ1v) is 8.33. The monoisotopic (exact) mass is 328 g/mol. The molecule has 0 bridgehead atoms. The van der Waals surface area contributed by atoms with Crippen LogP contribution in [-0.4, -0.2) is 4.98 Å². The van der Waals surface area contributed by atoms with Gasteiger partial charge in [0, 0.05) is 33.7 Å². The molecule has 2 nitrogen and oxygen atoms in total. The van der Waals surface area contributed by atoms with E-state index in [1.54, 1.807) is 17.4 Å². The molecule has 0 aliphatic heterocycles. The van der Waals surface area contributed by atoms with Gasteiger partial charge >= 0.3 is 0 Å². The van der Waals surface area contributed by atoms with Gasteiger partial charge in [0.2, 0.25) is 0 Å². The predicted molar refractivity (Wildman–Crippen MR) is 87.8 cm³/mol. The highest BCUT2D eigenvalue weighted by atomic mass is 35.5. The van der Waals surface area contributed by atoms with Crippen molar-refractivity contribution in [2.75, 3.05) is 0 Å². The van der Waals surface area contributed by atoms with Crippen LogP contribution in [0.2, 0.25) is 10.0 Å². The van der Waals surface area contributed by atoms with Crippen LogP contribution in [0.5, 0.6) is 0 Å². The van der Waals surface area contributed by atoms with Gasteiger partial charge in [-0.3, -0.25) is 0 Å². The second kappa shape index (κ2) is 7.41. The zero-order valence-corrected chi connectivity index (χ0v) is 13.9. The lowest BCUT2D eigenvalue weighted by Gasteiger charge is -2.18. The first-order valence-electron chi connectivity index (χ1n) is 6.76. The van der Waals surface area contributed by atoms with Crippen molar-refractivity contribution >= 4 is 34.5 Å². The molecule has 0 spiro atoms. The summed E-state index contributed by atoms with van der Waals surface area (Å²) in [4.78, 5) is 5.74. The van der Waals surface area contributed by atoms with E-state index in [1.807, 2.05) is 18.3 Å². The van der Waals surface area contributed by atoms with Crippen molar-refractivity contribution < 1.29 is 0 Å². The molecule has 1 heterocycles. The van der Waals surface area contributed by atoms with Crippen molar-refractivity contribution in [3.63, 3.8) is 0 Å². The lowest BCUT2D eigenvalue weighted by atomic mass is 10.0. The quantitative estimate of drug-likeness (QED) is 0.782. The van der Waals surface area contributed by atoms with E-state index in [0.717, 1.165) is 30.0 Å². The number of aryl methyl sites for hydroxylation is 1. The molecule has 2 rings (SSSR count). The molecule has 0 saturated carbocycles. The highest BCUT2D eigenvalue weighted by molar-refractivity contribution is 7.11. The van der Waals surface area contributed by atoms with Crippen molar-refractivity contribution in [3.8, 4) is 0 Å². The molecule has 0 aliphatic rings. The molecule has 0 saturated heterocycles. The van der Waals surface area contributed by atoms with Crippen LogP contribution in [0.4, 0.5) is 0 Å². The number of hydrogen-bond acceptors (Lipinski definition) is 3. The molecule has 0 radical (unpaired) electrons. The van der Waals surface area contributed by atoms with E-state index >= 15 is 0 Å². The van der Waals surface area contributed by atoms with Gasteiger partial charge in [0.15, 0.2) is 0 Å². The molecule has 1 aromatic heterocycles. The summed E-state index contributed by atoms with van der Waals surface area (Å²) in [6.07, 6.45) is 3.96. The predicted octanol–water partition coefficient (Wildman–Crippen LogP) is 5.25. The van der Waals surface area contributed by atoms with Crippen LogP contribution >= 0.6 is 34.5 Å². The standard InChI is InChI=1S/C15H18Cl2N2S/c1-3-11-8-19-15(20-11)9-18-14(4-2)12-6-5-10(16)7-13(12)17/h5-8,14,18H,3-4,9H2,1-2H3. The van der Waals surface area contributed by atoms with E-state index in [1.165, 1.54) is 4.88 Å². The van der Waals surface area contributed by atoms with Gasteiger partial charge < -0.3 is 5.32 Å². The highest BCUT2D eigenvalue weighted by Crippen LogP contribution is 2.28. The zero-order valence-electron chi connectivity index (χ0n) is 11.6. The average molecular weight is 329 g/mol. The van der Waals surface area contributed by atoms with Crippen molar-refractivity contribution in [1.82, 2.24) is 10.3 Å². The summed E-state index contributed by atoms with van der Waals surface area (Å²) >= 11 is 14.0. The number of benzene rings is 1. The fraction of sp³-hybridized carbons (Fsp3) is 0.400. The minimum atomic E-state index is 0.216. The summed E-state index contributed by atoms with van der Waals surface area (Å²) in [5.74, 6) is 0. The Kier molecular flexibility index (Phi) is 5.85. The molecule has 20 heavy (non-hydrogen) atoms. The van der Waals surface area contributed by atoms with Crippen molar-refractivity contribution in [2.45, 2.75) is 39.3 Å². The van der Waals surface area contributed by atoms with Crippen LogP contribution in [0.15, 0.2) is 24.4 Å². The maximum Gasteiger partial charge on any atom is 0.107 e. The molecule has 1 N–H and O–H groups in total. The summed E-state index contributed by atoms with van der Waals surface area (Å²) in [6, 6.07) is 5.88. The number of thiazole rings is 1. The van der Waals surface area contributed by atoms with Gasteiger partial charge in [-0.1, -0.05) is 43.1 Å². The maximum atomic E-state index is 6.27. The minimum absolute atomic E-state index is 0.216. The number of aromatic nitrogens is 1. The van der Waals surface area contributed by atoms with Crippen LogP contribution in [0.1, 0.15) is 41.8 Å². The van der Waals surface area contributed by atoms with Gasteiger partial charge in [-0.15, -0.1) is 11.3 Å². The number of rotatable bonds is 6. The summed E-state index contributed by atoms with van der Waals surface area (Å²) in [6.45, 7) is 5.05. The molecule has 1 atom stereocenters. The number of halogens is 2. The smallest absolute Gasteiger partial charge is 0.107 e. The third kappa shape index (κ3) is 3.95. The van der Waals surface area contributed by atoms with Crippen LogP contribution in [0.25, 0.3) is 0 Å². The average Bonchev–Trinajstić information content (AvgIpc) is 2.89. The molecular weight excluding hydrogens is 311 g/mol. The Bertz CT molecular complexity index is 569. The lowest BCUT2D eigenvalue weighted by Crippen LogP contribution is -2.20. The largest absolute Gasteiger partial charge is 0.304 e. The third-order valence-corrected chi connectivity index (χ3v) is 4.90. The number of nitrogens with one attached hydrogen (secondary N) is 1. The molecule has 108 valence electrons. The lowest BCUT2D eigenvalue weighted by molar-refractivity contribution is 0.518. The molecule has 0 amide bonds. The van der Waals surface area contributed by atoms with E-state index in [-0.39, 0.29) is 6.04 Å². The molecule has 5 heteroatoms. The fourth-order valence-electron chi connectivity index (χ4n) is 2.06. The van der Waals surface area contributed by atoms with Gasteiger partial charge in [0.05, 0.1) is 0 Å². The second-order valence-corrected chi connectivity index (χ2v) is 6.62. The van der Waals surface area contributed by atoms with Crippen molar-refractivity contribution in [2.24, 2.45) is 0 Å². The molecular formula is C15H18Cl2N2S. The second-order valence-electron chi connectivity index (χ2n) is 4.58. The summed E-state index contributed by atoms with van der Waals surface area (Å²) < 4.78 is 0. The van der Waals surface area contributed by atoms with E-state index in [2.05, 4.69) is 24.1 Å². The summed E-state index contributed by atoms with van der Waals surface area (Å²) in [5.41, 5.74) is 1.09. The number of hydrogen-bond donors (Lipinski definition) is 1. The fourth-order valence-corrected chi connectivity index (χ4v) is 3.42. The Morgan fingerprint density at radius 3 is 2.70 bits per heavy atom. The van der Waals surface area contributed by atoms with Gasteiger partial charge in [0.1, 0.15) is 5.01 Å². The minimum Gasteiger partial charge on any atom is -0.304 e. The molecule has 1 aromatic carbocycles. The number of nitrogens with zero attached hydrogens (tertiary/aromatic N) is 1. The Labute approximate surface area is 134 Å². The molecule has 2 aromatic rings. The Hall–Kier alpha value is -0.610. The van der Waals surface area contributed by atoms with Gasteiger partial charge in [0.25, 0.3) is 0 Å². The molecule has 0 fully saturated rings. The van der Waals surface area contributed by atoms with Gasteiger partial charge in [-0.25, -0.2) is 4.98 Å². The van der Waals surface area contributed by atoms with Crippen molar-refractivity contribution in [3.05, 3.63) is 49.9 Å². The first kappa shape index (κ1) is 15.8. The maximum absolute atomic E-state index is 6.27. The van der Waals surface area contributed by atoms with Crippen LogP contribution < -0.4 is 5.32 Å². The van der Waals surface area contributed by atoms with Crippen molar-refractivity contribution in [1.29, 1.82) is 0 Å². The molecule has 1 unspecified atom stereocenters. The van der Waals surface area contributed by atoms with Gasteiger partial charge in [-0.2, -0.15) is 0 Å². The van der Waals surface area contributed by atoms with Crippen LogP contribution in [-0.2, 0) is 13.0 Å². The highest BCUT2D eigenvalue weighted by Gasteiger charge is 2.13.